The maximum Gasteiger partial charge on any atom is 0.300 e. The molecule has 8 bridgehead atoms. The van der Waals surface area contributed by atoms with Gasteiger partial charge in [0.25, 0.3) is 5.97 Å². The molecule has 12 unspecified atom stereocenters. The fraction of sp³-hybridized carbons (Fsp3) is 0.405. The zero-order valence-electron chi connectivity index (χ0n) is 29.4. The van der Waals surface area contributed by atoms with Gasteiger partial charge >= 0.3 is 0 Å². The Hall–Kier alpha value is -4.61. The molecule has 5 aliphatic rings. The molecule has 9 rings (SSSR count). The van der Waals surface area contributed by atoms with E-state index in [0.29, 0.717) is 24.2 Å². The predicted octanol–water partition coefficient (Wildman–Crippen LogP) is 4.84. The summed E-state index contributed by atoms with van der Waals surface area (Å²) in [5.41, 5.74) is 5.36. The minimum absolute atomic E-state index is 0.209. The van der Waals surface area contributed by atoms with Crippen LogP contribution >= 0.6 is 0 Å². The first-order valence-corrected chi connectivity index (χ1v) is 18.7. The highest BCUT2D eigenvalue weighted by Gasteiger charge is 2.47. The summed E-state index contributed by atoms with van der Waals surface area (Å²) in [6, 6.07) is 19.9. The molecule has 268 valence electrons. The van der Waals surface area contributed by atoms with Crippen LogP contribution in [0.2, 0.25) is 0 Å². The summed E-state index contributed by atoms with van der Waals surface area (Å²) in [4.78, 5) is 26.6. The van der Waals surface area contributed by atoms with E-state index >= 15 is 0 Å². The Morgan fingerprint density at radius 1 is 0.462 bits per heavy atom. The van der Waals surface area contributed by atoms with Crippen LogP contribution in [0.25, 0.3) is 0 Å². The second kappa shape index (κ2) is 15.6. The molecule has 0 saturated carbocycles. The summed E-state index contributed by atoms with van der Waals surface area (Å²) in [6.07, 6.45) is 29.9. The van der Waals surface area contributed by atoms with Gasteiger partial charge in [0.2, 0.25) is 0 Å². The monoisotopic (exact) mass is 696 g/mol. The minimum atomic E-state index is -0.833. The van der Waals surface area contributed by atoms with Crippen LogP contribution < -0.4 is 21.3 Å². The van der Waals surface area contributed by atoms with Gasteiger partial charge < -0.3 is 26.4 Å². The fourth-order valence-corrected chi connectivity index (χ4v) is 9.88. The average Bonchev–Trinajstić information content (AvgIpc) is 4.01. The maximum absolute atomic E-state index is 9.00. The Morgan fingerprint density at radius 2 is 0.673 bits per heavy atom. The molecule has 12 atom stereocenters. The quantitative estimate of drug-likeness (QED) is 0.189. The van der Waals surface area contributed by atoms with Gasteiger partial charge in [0.05, 0.1) is 0 Å². The van der Waals surface area contributed by atoms with Gasteiger partial charge in [0.1, 0.15) is 0 Å². The molecule has 3 fully saturated rings. The van der Waals surface area contributed by atoms with Crippen molar-refractivity contribution in [3.05, 3.63) is 145 Å². The van der Waals surface area contributed by atoms with Crippen molar-refractivity contribution < 1.29 is 9.90 Å². The first-order valence-electron chi connectivity index (χ1n) is 18.7. The highest BCUT2D eigenvalue weighted by atomic mass is 16.4. The van der Waals surface area contributed by atoms with Gasteiger partial charge in [-0.05, 0) is 96.5 Å². The first kappa shape index (κ1) is 34.5. The number of carbonyl (C=O) groups is 1. The number of hydrogen-bond donors (Lipinski definition) is 5. The highest BCUT2D eigenvalue weighted by molar-refractivity contribution is 5.63. The standard InChI is InChI=1S/C40H44N8.C2H4O2/c1-2-30-38(26-11-19-42-20-12-26)32-5-6-34(47-32)40(28-15-23-44-24-16-28)36-8-7-35(48-36)39(27-13-21-43-22-14-27)33-4-3-31(46-33)37(29(1)45-30)25-9-17-41-18-10-25;1-2(3)4/h1-2,7-24,29-40,45-48H,3-6H2;1H3,(H,3,4). The Morgan fingerprint density at radius 3 is 0.885 bits per heavy atom. The molecule has 4 aromatic rings. The molecule has 0 aromatic carbocycles. The molecule has 0 spiro atoms. The van der Waals surface area contributed by atoms with Gasteiger partial charge in [-0.3, -0.25) is 24.7 Å². The zero-order chi connectivity index (χ0) is 35.4. The SMILES string of the molecule is C1=CC2NC1C(c1ccncc1)C1CCC(N1)C(c1ccncc1)C1C=CC(N1)C(c1ccncc1)C1CCC(N1)C2c1ccncc1.CC(=O)O. The van der Waals surface area contributed by atoms with Crippen LogP contribution in [-0.2, 0) is 4.79 Å². The number of nitrogens with one attached hydrogen (secondary N) is 4. The number of aromatic nitrogens is 4. The first-order chi connectivity index (χ1) is 25.5. The molecule has 10 nitrogen and oxygen atoms in total. The van der Waals surface area contributed by atoms with Gasteiger partial charge in [-0.1, -0.05) is 24.3 Å². The topological polar surface area (TPSA) is 137 Å². The second-order valence-electron chi connectivity index (χ2n) is 14.9. The number of hydrogen-bond acceptors (Lipinski definition) is 9. The van der Waals surface area contributed by atoms with Crippen molar-refractivity contribution >= 4 is 5.97 Å². The third-order valence-corrected chi connectivity index (χ3v) is 11.9. The molecule has 4 aromatic heterocycles. The van der Waals surface area contributed by atoms with Crippen LogP contribution in [0, 0.1) is 0 Å². The number of carboxylic acid groups (broad SMARTS) is 1. The minimum Gasteiger partial charge on any atom is -0.481 e. The van der Waals surface area contributed by atoms with E-state index in [0.717, 1.165) is 32.6 Å². The summed E-state index contributed by atoms with van der Waals surface area (Å²) in [5, 5.41) is 24.2. The van der Waals surface area contributed by atoms with E-state index in [-0.39, 0.29) is 47.8 Å². The van der Waals surface area contributed by atoms with E-state index < -0.39 is 5.97 Å². The number of fused-ring (bicyclic) bond motifs is 8. The summed E-state index contributed by atoms with van der Waals surface area (Å²) in [5.74, 6) is 0.291. The third kappa shape index (κ3) is 7.21. The van der Waals surface area contributed by atoms with E-state index in [1.54, 1.807) is 0 Å². The smallest absolute Gasteiger partial charge is 0.300 e. The van der Waals surface area contributed by atoms with Crippen molar-refractivity contribution in [2.75, 3.05) is 0 Å². The normalized spacial score (nSPS) is 34.8. The maximum atomic E-state index is 9.00. The van der Waals surface area contributed by atoms with Gasteiger partial charge in [-0.25, -0.2) is 0 Å². The Labute approximate surface area is 305 Å². The van der Waals surface area contributed by atoms with Gasteiger partial charge in [0.15, 0.2) is 0 Å². The van der Waals surface area contributed by atoms with Crippen molar-refractivity contribution in [1.29, 1.82) is 0 Å². The molecular formula is C42H48N8O2. The summed E-state index contributed by atoms with van der Waals surface area (Å²) < 4.78 is 0. The summed E-state index contributed by atoms with van der Waals surface area (Å²) >= 11 is 0. The molecule has 5 N–H and O–H groups in total. The average molecular weight is 697 g/mol. The zero-order valence-corrected chi connectivity index (χ0v) is 29.4. The number of pyridine rings is 4. The largest absolute Gasteiger partial charge is 0.481 e. The predicted molar refractivity (Wildman–Crippen MR) is 201 cm³/mol. The number of carboxylic acids is 1. The van der Waals surface area contributed by atoms with E-state index in [2.05, 4.69) is 114 Å². The van der Waals surface area contributed by atoms with E-state index in [1.165, 1.54) is 22.3 Å². The fourth-order valence-electron chi connectivity index (χ4n) is 9.88. The molecule has 9 heterocycles. The lowest BCUT2D eigenvalue weighted by molar-refractivity contribution is -0.134. The van der Waals surface area contributed by atoms with Crippen molar-refractivity contribution in [3.63, 3.8) is 0 Å². The molecule has 3 saturated heterocycles. The molecule has 0 amide bonds. The van der Waals surface area contributed by atoms with Crippen LogP contribution in [0.1, 0.15) is 78.5 Å². The molecule has 0 radical (unpaired) electrons. The van der Waals surface area contributed by atoms with Crippen molar-refractivity contribution in [2.24, 2.45) is 0 Å². The summed E-state index contributed by atoms with van der Waals surface area (Å²) in [7, 11) is 0. The molecular weight excluding hydrogens is 649 g/mol. The highest BCUT2D eigenvalue weighted by Crippen LogP contribution is 2.43. The molecule has 5 aliphatic heterocycles. The van der Waals surface area contributed by atoms with Crippen LogP contribution in [0.15, 0.2) is 122 Å². The molecule has 52 heavy (non-hydrogen) atoms. The van der Waals surface area contributed by atoms with E-state index in [9.17, 15) is 0 Å². The summed E-state index contributed by atoms with van der Waals surface area (Å²) in [6.45, 7) is 1.08. The van der Waals surface area contributed by atoms with Crippen LogP contribution in [0.4, 0.5) is 0 Å². The lowest BCUT2D eigenvalue weighted by Gasteiger charge is -2.37. The van der Waals surface area contributed by atoms with Crippen molar-refractivity contribution in [2.45, 2.75) is 105 Å². The molecule has 0 aliphatic carbocycles. The molecule has 10 heteroatoms. The van der Waals surface area contributed by atoms with Gasteiger partial charge in [0, 0.05) is 129 Å². The lowest BCUT2D eigenvalue weighted by Crippen LogP contribution is -2.52. The Balaban J connectivity index is 0.000000922. The third-order valence-electron chi connectivity index (χ3n) is 11.9. The second-order valence-corrected chi connectivity index (χ2v) is 14.9. The Kier molecular flexibility index (Phi) is 10.3. The number of nitrogens with zero attached hydrogens (tertiary/aromatic N) is 4. The lowest BCUT2D eigenvalue weighted by atomic mass is 9.83. The van der Waals surface area contributed by atoms with Crippen molar-refractivity contribution in [1.82, 2.24) is 41.2 Å². The van der Waals surface area contributed by atoms with Crippen LogP contribution in [0.3, 0.4) is 0 Å². The van der Waals surface area contributed by atoms with Gasteiger partial charge in [-0.15, -0.1) is 0 Å². The Bertz CT molecular complexity index is 1570. The van der Waals surface area contributed by atoms with E-state index in [4.69, 9.17) is 9.90 Å². The van der Waals surface area contributed by atoms with E-state index in [1.807, 2.05) is 49.6 Å². The number of aliphatic carboxylic acids is 1. The van der Waals surface area contributed by atoms with Crippen LogP contribution in [-0.4, -0.2) is 79.3 Å². The van der Waals surface area contributed by atoms with Crippen molar-refractivity contribution in [3.8, 4) is 0 Å². The number of rotatable bonds is 4. The van der Waals surface area contributed by atoms with Crippen LogP contribution in [0.5, 0.6) is 0 Å². The van der Waals surface area contributed by atoms with Gasteiger partial charge in [-0.2, -0.15) is 0 Å².